The average Bonchev–Trinajstić information content (AvgIpc) is 2.98. The lowest BCUT2D eigenvalue weighted by Gasteiger charge is -1.99. The van der Waals surface area contributed by atoms with Gasteiger partial charge in [0.25, 0.3) is 0 Å². The van der Waals surface area contributed by atoms with Gasteiger partial charge in [0, 0.05) is 4.47 Å². The van der Waals surface area contributed by atoms with Gasteiger partial charge in [-0.25, -0.2) is 4.98 Å². The molecule has 0 atom stereocenters. The van der Waals surface area contributed by atoms with Crippen LogP contribution in [0.4, 0.5) is 0 Å². The van der Waals surface area contributed by atoms with E-state index in [0.29, 0.717) is 10.9 Å². The van der Waals surface area contributed by atoms with Gasteiger partial charge < -0.3 is 4.42 Å². The third kappa shape index (κ3) is 2.78. The molecule has 0 saturated carbocycles. The summed E-state index contributed by atoms with van der Waals surface area (Å²) < 4.78 is 6.78. The van der Waals surface area contributed by atoms with E-state index >= 15 is 0 Å². The van der Waals surface area contributed by atoms with E-state index in [-0.39, 0.29) is 0 Å². The lowest BCUT2D eigenvalue weighted by Crippen LogP contribution is -1.79. The van der Waals surface area contributed by atoms with Gasteiger partial charge >= 0.3 is 0 Å². The van der Waals surface area contributed by atoms with Crippen LogP contribution in [0.25, 0.3) is 33.7 Å². The summed E-state index contributed by atoms with van der Waals surface area (Å²) >= 11 is 9.69. The molecule has 0 aliphatic carbocycles. The topological polar surface area (TPSA) is 26.0 Å². The Balaban J connectivity index is 1.82. The molecule has 1 aromatic heterocycles. The van der Waals surface area contributed by atoms with Crippen LogP contribution in [0.15, 0.2) is 75.6 Å². The maximum absolute atomic E-state index is 6.29. The third-order valence-corrected chi connectivity index (χ3v) is 4.46. The van der Waals surface area contributed by atoms with Gasteiger partial charge in [0.2, 0.25) is 5.89 Å². The van der Waals surface area contributed by atoms with Crippen LogP contribution in [0.3, 0.4) is 0 Å². The Morgan fingerprint density at radius 1 is 0.870 bits per heavy atom. The number of halogens is 2. The Labute approximate surface area is 146 Å². The molecule has 0 fully saturated rings. The highest BCUT2D eigenvalue weighted by Crippen LogP contribution is 2.33. The maximum Gasteiger partial charge on any atom is 0.228 e. The lowest BCUT2D eigenvalue weighted by atomic mass is 10.1. The molecule has 0 unspecified atom stereocenters. The van der Waals surface area contributed by atoms with Gasteiger partial charge in [-0.2, -0.15) is 0 Å². The molecule has 0 aliphatic rings. The molecule has 112 valence electrons. The second kappa shape index (κ2) is 5.84. The van der Waals surface area contributed by atoms with Crippen LogP contribution in [0.5, 0.6) is 0 Å². The molecule has 23 heavy (non-hydrogen) atoms. The molecule has 1 heterocycles. The fourth-order valence-corrected chi connectivity index (χ4v) is 3.27. The summed E-state index contributed by atoms with van der Waals surface area (Å²) in [6, 6.07) is 21.9. The van der Waals surface area contributed by atoms with E-state index in [2.05, 4.69) is 33.0 Å². The summed E-state index contributed by atoms with van der Waals surface area (Å²) in [7, 11) is 0. The van der Waals surface area contributed by atoms with Crippen LogP contribution in [0.1, 0.15) is 0 Å². The van der Waals surface area contributed by atoms with Gasteiger partial charge in [0.1, 0.15) is 5.52 Å². The van der Waals surface area contributed by atoms with Crippen molar-refractivity contribution in [3.05, 3.63) is 76.2 Å². The fourth-order valence-electron chi connectivity index (χ4n) is 2.52. The van der Waals surface area contributed by atoms with E-state index in [4.69, 9.17) is 16.0 Å². The van der Waals surface area contributed by atoms with Gasteiger partial charge in [-0.1, -0.05) is 63.9 Å². The first-order chi connectivity index (χ1) is 11.2. The molecular weight excluding hydrogens is 374 g/mol. The Hall–Kier alpha value is -2.10. The first-order valence-electron chi connectivity index (χ1n) is 7.12. The van der Waals surface area contributed by atoms with Gasteiger partial charge in [0.15, 0.2) is 5.58 Å². The molecule has 0 spiro atoms. The van der Waals surface area contributed by atoms with Crippen LogP contribution in [-0.2, 0) is 0 Å². The zero-order chi connectivity index (χ0) is 15.8. The van der Waals surface area contributed by atoms with Gasteiger partial charge in [0.05, 0.1) is 10.6 Å². The molecule has 4 aromatic rings. The van der Waals surface area contributed by atoms with Crippen molar-refractivity contribution in [2.45, 2.75) is 0 Å². The van der Waals surface area contributed by atoms with Gasteiger partial charge in [-0.05, 0) is 41.5 Å². The van der Waals surface area contributed by atoms with E-state index in [0.717, 1.165) is 32.3 Å². The highest BCUT2D eigenvalue weighted by Gasteiger charge is 2.12. The first-order valence-corrected chi connectivity index (χ1v) is 8.29. The molecule has 0 radical (unpaired) electrons. The largest absolute Gasteiger partial charge is 0.436 e. The van der Waals surface area contributed by atoms with Gasteiger partial charge in [-0.3, -0.25) is 0 Å². The molecular formula is C19H11BrClNO. The molecule has 0 N–H and O–H groups in total. The molecule has 2 nitrogen and oxygen atoms in total. The minimum absolute atomic E-state index is 0.530. The smallest absolute Gasteiger partial charge is 0.228 e. The molecule has 0 amide bonds. The molecule has 3 aromatic carbocycles. The normalized spacial score (nSPS) is 11.0. The van der Waals surface area contributed by atoms with Crippen molar-refractivity contribution in [3.8, 4) is 22.6 Å². The van der Waals surface area contributed by atoms with Crippen molar-refractivity contribution < 1.29 is 4.42 Å². The second-order valence-corrected chi connectivity index (χ2v) is 6.51. The van der Waals surface area contributed by atoms with Crippen molar-refractivity contribution in [3.63, 3.8) is 0 Å². The Kier molecular flexibility index (Phi) is 3.68. The number of hydrogen-bond donors (Lipinski definition) is 0. The van der Waals surface area contributed by atoms with E-state index < -0.39 is 0 Å². The predicted octanol–water partition coefficient (Wildman–Crippen LogP) is 6.58. The van der Waals surface area contributed by atoms with Crippen molar-refractivity contribution in [2.24, 2.45) is 0 Å². The SMILES string of the molecule is Clc1cc(Br)ccc1-c1nc2cc(-c3ccccc3)ccc2o1. The summed E-state index contributed by atoms with van der Waals surface area (Å²) in [6.45, 7) is 0. The predicted molar refractivity (Wildman–Crippen MR) is 97.6 cm³/mol. The third-order valence-electron chi connectivity index (χ3n) is 3.66. The van der Waals surface area contributed by atoms with Crippen molar-refractivity contribution >= 4 is 38.6 Å². The highest BCUT2D eigenvalue weighted by molar-refractivity contribution is 9.10. The zero-order valence-corrected chi connectivity index (χ0v) is 14.3. The zero-order valence-electron chi connectivity index (χ0n) is 12.0. The summed E-state index contributed by atoms with van der Waals surface area (Å²) in [5.41, 5.74) is 4.62. The molecule has 0 saturated heterocycles. The van der Waals surface area contributed by atoms with E-state index in [1.165, 1.54) is 0 Å². The van der Waals surface area contributed by atoms with Crippen molar-refractivity contribution in [2.75, 3.05) is 0 Å². The number of hydrogen-bond acceptors (Lipinski definition) is 2. The second-order valence-electron chi connectivity index (χ2n) is 5.19. The van der Waals surface area contributed by atoms with Crippen LogP contribution < -0.4 is 0 Å². The lowest BCUT2D eigenvalue weighted by molar-refractivity contribution is 0.620. The number of oxazole rings is 1. The standard InChI is InChI=1S/C19H11BrClNO/c20-14-7-8-15(16(21)11-14)19-22-17-10-13(6-9-18(17)23-19)12-4-2-1-3-5-12/h1-11H. The molecule has 4 heteroatoms. The van der Waals surface area contributed by atoms with Crippen LogP contribution >= 0.6 is 27.5 Å². The highest BCUT2D eigenvalue weighted by atomic mass is 79.9. The fraction of sp³-hybridized carbons (Fsp3) is 0. The number of benzene rings is 3. The van der Waals surface area contributed by atoms with Crippen molar-refractivity contribution in [1.82, 2.24) is 4.98 Å². The summed E-state index contributed by atoms with van der Waals surface area (Å²) in [6.07, 6.45) is 0. The number of rotatable bonds is 2. The summed E-state index contributed by atoms with van der Waals surface area (Å²) in [5.74, 6) is 0.530. The Morgan fingerprint density at radius 3 is 2.48 bits per heavy atom. The number of fused-ring (bicyclic) bond motifs is 1. The van der Waals surface area contributed by atoms with Gasteiger partial charge in [-0.15, -0.1) is 0 Å². The van der Waals surface area contributed by atoms with Crippen LogP contribution in [0, 0.1) is 0 Å². The summed E-state index contributed by atoms with van der Waals surface area (Å²) in [5, 5.41) is 0.606. The molecule has 0 aliphatic heterocycles. The summed E-state index contributed by atoms with van der Waals surface area (Å²) in [4.78, 5) is 4.59. The first kappa shape index (κ1) is 14.5. The molecule has 0 bridgehead atoms. The quantitative estimate of drug-likeness (QED) is 0.390. The minimum Gasteiger partial charge on any atom is -0.436 e. The van der Waals surface area contributed by atoms with E-state index in [9.17, 15) is 0 Å². The Morgan fingerprint density at radius 2 is 1.70 bits per heavy atom. The number of aromatic nitrogens is 1. The maximum atomic E-state index is 6.29. The number of nitrogens with zero attached hydrogens (tertiary/aromatic N) is 1. The van der Waals surface area contributed by atoms with E-state index in [1.54, 1.807) is 0 Å². The Bertz CT molecular complexity index is 995. The monoisotopic (exact) mass is 383 g/mol. The average molecular weight is 385 g/mol. The van der Waals surface area contributed by atoms with Crippen LogP contribution in [0.2, 0.25) is 5.02 Å². The van der Waals surface area contributed by atoms with Crippen molar-refractivity contribution in [1.29, 1.82) is 0 Å². The molecule has 4 rings (SSSR count). The van der Waals surface area contributed by atoms with E-state index in [1.807, 2.05) is 54.6 Å². The minimum atomic E-state index is 0.530. The van der Waals surface area contributed by atoms with Crippen LogP contribution in [-0.4, -0.2) is 4.98 Å².